The third-order valence-electron chi connectivity index (χ3n) is 5.72. The van der Waals surface area contributed by atoms with Crippen molar-refractivity contribution in [2.75, 3.05) is 31.3 Å². The van der Waals surface area contributed by atoms with Gasteiger partial charge in [-0.15, -0.1) is 11.3 Å². The first-order valence-corrected chi connectivity index (χ1v) is 14.3. The number of aromatic nitrogens is 2. The molecular weight excluding hydrogens is 560 g/mol. The van der Waals surface area contributed by atoms with Crippen LogP contribution >= 0.6 is 23.1 Å². The number of nitrogens with one attached hydrogen (secondary N) is 2. The molecule has 2 aromatic heterocycles. The van der Waals surface area contributed by atoms with Crippen molar-refractivity contribution in [2.45, 2.75) is 51.3 Å². The Hall–Kier alpha value is -3.78. The lowest BCUT2D eigenvalue weighted by molar-refractivity contribution is -0.704. The number of benzene rings is 1. The highest BCUT2D eigenvalue weighted by Gasteiger charge is 2.33. The Bertz CT molecular complexity index is 1450. The molecule has 12 nitrogen and oxygen atoms in total. The number of rotatable bonds is 8. The molecule has 0 saturated carbocycles. The summed E-state index contributed by atoms with van der Waals surface area (Å²) in [7, 11) is 1.55. The Morgan fingerprint density at radius 2 is 1.95 bits per heavy atom. The summed E-state index contributed by atoms with van der Waals surface area (Å²) in [5, 5.41) is 5.84. The standard InChI is InChI=1S/C26H30N4O8S2/c1-6-36-23(32)20-17-11-12-29(25(34)37-26(2,3)4)13-18(17)40-21(20)27-19(31)14-39-22-24(33)38-28-30(22)15-7-9-16(35-5)10-8-15/h7-10H,6,11-14H2,1-5H3,(H-,27,28,31,32,33)/p+1. The van der Waals surface area contributed by atoms with Crippen LogP contribution in [-0.2, 0) is 27.2 Å². The van der Waals surface area contributed by atoms with Crippen LogP contribution in [-0.4, -0.2) is 59.8 Å². The molecule has 3 aromatic rings. The third-order valence-corrected chi connectivity index (χ3v) is 7.88. The minimum Gasteiger partial charge on any atom is -0.497 e. The molecule has 40 heavy (non-hydrogen) atoms. The molecule has 214 valence electrons. The van der Waals surface area contributed by atoms with E-state index in [0.717, 1.165) is 22.2 Å². The van der Waals surface area contributed by atoms with E-state index in [2.05, 4.69) is 10.6 Å². The Labute approximate surface area is 238 Å². The molecule has 0 unspecified atom stereocenters. The van der Waals surface area contributed by atoms with Crippen LogP contribution in [0.25, 0.3) is 5.69 Å². The zero-order valence-corrected chi connectivity index (χ0v) is 24.5. The lowest BCUT2D eigenvalue weighted by Gasteiger charge is -2.30. The number of H-pyrrole nitrogens is 1. The summed E-state index contributed by atoms with van der Waals surface area (Å²) in [6.07, 6.45) is -0.0301. The van der Waals surface area contributed by atoms with E-state index >= 15 is 0 Å². The van der Waals surface area contributed by atoms with Crippen LogP contribution in [0.4, 0.5) is 9.80 Å². The summed E-state index contributed by atoms with van der Waals surface area (Å²) in [6.45, 7) is 7.88. The van der Waals surface area contributed by atoms with Gasteiger partial charge >= 0.3 is 22.7 Å². The number of amides is 2. The number of nitrogens with zero attached hydrogens (tertiary/aromatic N) is 2. The third kappa shape index (κ3) is 6.67. The van der Waals surface area contributed by atoms with Gasteiger partial charge in [-0.1, -0.05) is 0 Å². The number of methoxy groups -OCH3 is 1. The molecule has 2 N–H and O–H groups in total. The largest absolute Gasteiger partial charge is 0.497 e. The van der Waals surface area contributed by atoms with Gasteiger partial charge in [0.25, 0.3) is 0 Å². The van der Waals surface area contributed by atoms with E-state index in [0.29, 0.717) is 35.0 Å². The molecule has 0 fully saturated rings. The summed E-state index contributed by atoms with van der Waals surface area (Å²) < 4.78 is 22.3. The van der Waals surface area contributed by atoms with Crippen molar-refractivity contribution in [1.82, 2.24) is 10.2 Å². The first kappa shape index (κ1) is 29.2. The summed E-state index contributed by atoms with van der Waals surface area (Å²) in [6, 6.07) is 6.93. The van der Waals surface area contributed by atoms with Gasteiger partial charge in [-0.2, -0.15) is 0 Å². The van der Waals surface area contributed by atoms with Crippen molar-refractivity contribution in [2.24, 2.45) is 0 Å². The van der Waals surface area contributed by atoms with Crippen molar-refractivity contribution < 1.29 is 37.8 Å². The average molecular weight is 592 g/mol. The molecule has 3 heterocycles. The van der Waals surface area contributed by atoms with E-state index in [4.69, 9.17) is 18.7 Å². The van der Waals surface area contributed by atoms with Crippen molar-refractivity contribution in [1.29, 1.82) is 0 Å². The molecule has 0 aliphatic carbocycles. The minimum absolute atomic E-state index is 0.131. The predicted octanol–water partition coefficient (Wildman–Crippen LogP) is 3.52. The second-order valence-corrected chi connectivity index (χ2v) is 11.8. The summed E-state index contributed by atoms with van der Waals surface area (Å²) in [5.74, 6) is -0.459. The number of thioether (sulfide) groups is 1. The van der Waals surface area contributed by atoms with Crippen LogP contribution < -0.4 is 20.4 Å². The van der Waals surface area contributed by atoms with Crippen LogP contribution in [0.5, 0.6) is 5.75 Å². The number of aromatic amines is 1. The van der Waals surface area contributed by atoms with Gasteiger partial charge in [0.1, 0.15) is 16.4 Å². The molecule has 1 aromatic carbocycles. The average Bonchev–Trinajstić information content (AvgIpc) is 3.45. The second-order valence-electron chi connectivity index (χ2n) is 9.74. The Balaban J connectivity index is 1.51. The molecule has 14 heteroatoms. The molecule has 0 spiro atoms. The number of hydrogen-bond donors (Lipinski definition) is 2. The molecular formula is C26H31N4O8S2+. The Morgan fingerprint density at radius 3 is 2.60 bits per heavy atom. The molecule has 0 atom stereocenters. The van der Waals surface area contributed by atoms with Crippen LogP contribution in [0.3, 0.4) is 0 Å². The molecule has 2 amide bonds. The first-order valence-electron chi connectivity index (χ1n) is 12.5. The fourth-order valence-electron chi connectivity index (χ4n) is 3.98. The van der Waals surface area contributed by atoms with Gasteiger partial charge in [-0.3, -0.25) is 9.32 Å². The van der Waals surface area contributed by atoms with Gasteiger partial charge in [-0.25, -0.2) is 14.4 Å². The highest BCUT2D eigenvalue weighted by molar-refractivity contribution is 7.99. The van der Waals surface area contributed by atoms with E-state index in [1.807, 2.05) is 0 Å². The monoisotopic (exact) mass is 591 g/mol. The lowest BCUT2D eigenvalue weighted by atomic mass is 10.0. The summed E-state index contributed by atoms with van der Waals surface area (Å²) >= 11 is 2.20. The fourth-order valence-corrected chi connectivity index (χ4v) is 6.02. The normalized spacial score (nSPS) is 13.0. The highest BCUT2D eigenvalue weighted by Crippen LogP contribution is 2.38. The zero-order chi connectivity index (χ0) is 29.0. The van der Waals surface area contributed by atoms with E-state index in [1.165, 1.54) is 16.0 Å². The molecule has 1 aliphatic heterocycles. The zero-order valence-electron chi connectivity index (χ0n) is 22.8. The van der Waals surface area contributed by atoms with Gasteiger partial charge in [0.2, 0.25) is 11.6 Å². The second kappa shape index (κ2) is 12.2. The van der Waals surface area contributed by atoms with Crippen molar-refractivity contribution in [3.63, 3.8) is 0 Å². The maximum absolute atomic E-state index is 13.0. The smallest absolute Gasteiger partial charge is 0.442 e. The highest BCUT2D eigenvalue weighted by atomic mass is 32.2. The number of carbonyl (C=O) groups excluding carboxylic acids is 3. The van der Waals surface area contributed by atoms with Gasteiger partial charge in [0, 0.05) is 23.6 Å². The Kier molecular flexibility index (Phi) is 8.88. The topological polar surface area (TPSA) is 144 Å². The maximum Gasteiger partial charge on any atom is 0.442 e. The lowest BCUT2D eigenvalue weighted by Crippen LogP contribution is -2.39. The van der Waals surface area contributed by atoms with Gasteiger partial charge in [0.05, 0.1) is 31.6 Å². The number of thiophene rings is 1. The molecule has 0 bridgehead atoms. The number of fused-ring (bicyclic) bond motifs is 1. The van der Waals surface area contributed by atoms with Crippen LogP contribution in [0.2, 0.25) is 0 Å². The first-order chi connectivity index (χ1) is 19.0. The predicted molar refractivity (Wildman–Crippen MR) is 147 cm³/mol. The van der Waals surface area contributed by atoms with E-state index in [-0.39, 0.29) is 23.9 Å². The minimum atomic E-state index is -0.637. The van der Waals surface area contributed by atoms with Crippen molar-refractivity contribution in [3.8, 4) is 11.4 Å². The molecule has 4 rings (SSSR count). The quantitative estimate of drug-likeness (QED) is 0.228. The van der Waals surface area contributed by atoms with E-state index < -0.39 is 29.2 Å². The van der Waals surface area contributed by atoms with Gasteiger partial charge < -0.3 is 24.4 Å². The molecule has 0 saturated heterocycles. The van der Waals surface area contributed by atoms with Gasteiger partial charge in [-0.05, 0) is 73.5 Å². The SMILES string of the molecule is CCOC(=O)c1c(NC(=O)CSc2c(=O)o[nH][n+]2-c2ccc(OC)cc2)sc2c1CCN(C(=O)OC(C)(C)C)C2. The maximum atomic E-state index is 13.0. The van der Waals surface area contributed by atoms with Crippen LogP contribution in [0, 0.1) is 0 Å². The van der Waals surface area contributed by atoms with Crippen molar-refractivity contribution >= 4 is 46.1 Å². The Morgan fingerprint density at radius 1 is 1.23 bits per heavy atom. The van der Waals surface area contributed by atoms with Crippen molar-refractivity contribution in [3.05, 3.63) is 50.7 Å². The fraction of sp³-hybridized carbons (Fsp3) is 0.423. The number of anilines is 1. The number of ether oxygens (including phenoxy) is 3. The van der Waals surface area contributed by atoms with E-state index in [1.54, 1.807) is 64.0 Å². The number of carbonyl (C=O) groups is 3. The summed E-state index contributed by atoms with van der Waals surface area (Å²) in [4.78, 5) is 53.2. The molecule has 0 radical (unpaired) electrons. The van der Waals surface area contributed by atoms with Gasteiger partial charge in [0.15, 0.2) is 0 Å². The molecule has 1 aliphatic rings. The van der Waals surface area contributed by atoms with Crippen LogP contribution in [0.1, 0.15) is 48.5 Å². The summed E-state index contributed by atoms with van der Waals surface area (Å²) in [5.41, 5.74) is 0.379. The number of esters is 1. The number of hydrogen-bond acceptors (Lipinski definition) is 10. The van der Waals surface area contributed by atoms with Crippen LogP contribution in [0.15, 0.2) is 38.6 Å². The van der Waals surface area contributed by atoms with E-state index in [9.17, 15) is 19.2 Å².